The lowest BCUT2D eigenvalue weighted by Crippen LogP contribution is -2.61. The minimum Gasteiger partial charge on any atom is -0.394 e. The van der Waals surface area contributed by atoms with Gasteiger partial charge in [-0.25, -0.2) is 4.98 Å². The van der Waals surface area contributed by atoms with E-state index in [2.05, 4.69) is 78.8 Å². The summed E-state index contributed by atoms with van der Waals surface area (Å²) in [5.41, 5.74) is 13.2. The topological polar surface area (TPSA) is 480 Å². The van der Waals surface area contributed by atoms with E-state index < -0.39 is 144 Å². The molecule has 32 nitrogen and oxygen atoms in total. The Labute approximate surface area is 667 Å². The maximum Gasteiger partial charge on any atom is 0.269 e. The summed E-state index contributed by atoms with van der Waals surface area (Å²) in [5, 5.41) is 46.5. The SMILES string of the molecule is CC(=O)N[C@H](Cc1ccc2ccccc2c1)C(=O)N[C@H](Cc1ccc(Cl)cc1)C(=O)N[C@H](Cc1cccnc1)C(=O)N[C@@H](CO)C(=O)N[C@@H](CCCCNC(=O)c1ccccn1)C(=O)N[C@H](CCCNC(=O)c1ccc(N)nc1)C(=O)N[C@@H](CC(C)C)C(=O)N[C@@H](CCCCNC(C)C)C(=O)N1CCC[C@H]1C(=O)N[C@H](C)C(N)=O. The predicted molar refractivity (Wildman–Crippen MR) is 428 cm³/mol. The predicted octanol–water partition coefficient (Wildman–Crippen LogP) is 2.18. The average molecular weight is 1590 g/mol. The molecular formula is C81H107ClN18O14. The first-order valence-corrected chi connectivity index (χ1v) is 38.9. The third-order valence-electron chi connectivity index (χ3n) is 19.0. The molecule has 1 aliphatic heterocycles. The number of nitrogens with zero attached hydrogens (tertiary/aromatic N) is 4. The quantitative estimate of drug-likeness (QED) is 0.0244. The largest absolute Gasteiger partial charge is 0.394 e. The Morgan fingerprint density at radius 1 is 0.518 bits per heavy atom. The van der Waals surface area contributed by atoms with Gasteiger partial charge in [0.1, 0.15) is 71.9 Å². The molecule has 0 unspecified atom stereocenters. The molecule has 13 amide bonds. The van der Waals surface area contributed by atoms with E-state index in [1.165, 1.54) is 61.7 Å². The number of pyridine rings is 3. The van der Waals surface area contributed by atoms with Crippen LogP contribution < -0.4 is 75.3 Å². The Balaban J connectivity index is 1.16. The fraction of sp³-hybridized carbons (Fsp3) is 0.457. The van der Waals surface area contributed by atoms with Gasteiger partial charge in [0.15, 0.2) is 0 Å². The van der Waals surface area contributed by atoms with Crippen molar-refractivity contribution in [1.29, 1.82) is 0 Å². The van der Waals surface area contributed by atoms with E-state index in [-0.39, 0.29) is 119 Å². The van der Waals surface area contributed by atoms with Gasteiger partial charge in [-0.2, -0.15) is 0 Å². The molecule has 33 heteroatoms. The number of aromatic nitrogens is 3. The van der Waals surface area contributed by atoms with E-state index in [9.17, 15) is 57.8 Å². The van der Waals surface area contributed by atoms with Gasteiger partial charge in [-0.1, -0.05) is 106 Å². The molecule has 0 spiro atoms. The number of carbonyl (C=O) groups excluding carboxylic acids is 13. The lowest BCUT2D eigenvalue weighted by molar-refractivity contribution is -0.142. The Kier molecular flexibility index (Phi) is 36.1. The van der Waals surface area contributed by atoms with Gasteiger partial charge in [0.05, 0.1) is 12.2 Å². The number of hydrogen-bond donors (Lipinski definition) is 15. The van der Waals surface area contributed by atoms with Crippen LogP contribution in [0.25, 0.3) is 10.8 Å². The molecule has 0 bridgehead atoms. The standard InChI is InChI=1S/C81H107ClN18O14/c1-48(2)40-63(75(108)95-62(23-11-12-35-86-49(3)4)81(114)100-39-17-25-68(100)80(113)91-50(5)70(84)103)96-74(107)61(24-16-38-88-71(104)57-30-33-69(83)90-46-57)93-73(106)60(22-10-14-37-89-72(105)59-21-9-13-36-87-59)94-79(112)67(47-101)99-78(111)66(44-54-18-15-34-85-45-54)98-77(110)65(42-52-27-31-58(82)32-28-52)97-76(109)64(92-51(6)102)43-53-26-29-55-19-7-8-20-56(55)41-53/h7-9,13,15,18-21,26-34,36,41,45-46,48-50,60-68,86,101H,10-12,14,16-17,22-25,35,37-40,42-44,47H2,1-6H3,(H2,83,90)(H2,84,103)(H,88,104)(H,89,105)(H,91,113)(H,92,102)(H,93,106)(H,94,112)(H,95,108)(H,96,107)(H,97,109)(H,98,110)(H,99,111)/t50-,60+,61-,62+,63+,64-,65-,66-,67+,68+/m1/s1. The van der Waals surface area contributed by atoms with Crippen molar-refractivity contribution in [1.82, 2.24) is 83.7 Å². The minimum absolute atomic E-state index is 0.00766. The number of hydrogen-bond acceptors (Lipinski definition) is 19. The summed E-state index contributed by atoms with van der Waals surface area (Å²) in [6.45, 7) is 9.92. The highest BCUT2D eigenvalue weighted by atomic mass is 35.5. The molecule has 1 saturated heterocycles. The number of halogens is 1. The molecule has 7 rings (SSSR count). The number of benzene rings is 3. The first kappa shape index (κ1) is 89.7. The minimum atomic E-state index is -1.85. The number of nitrogens with two attached hydrogens (primary N) is 2. The number of aliphatic hydroxyl groups is 1. The van der Waals surface area contributed by atoms with Crippen molar-refractivity contribution in [2.75, 3.05) is 38.5 Å². The number of unbranched alkanes of at least 4 members (excludes halogenated alkanes) is 2. The third-order valence-corrected chi connectivity index (χ3v) is 19.2. The second-order valence-corrected chi connectivity index (χ2v) is 29.5. The molecule has 17 N–H and O–H groups in total. The zero-order valence-corrected chi connectivity index (χ0v) is 65.9. The van der Waals surface area contributed by atoms with Crippen molar-refractivity contribution in [3.8, 4) is 0 Å². The smallest absolute Gasteiger partial charge is 0.269 e. The molecular weight excluding hydrogens is 1480 g/mol. The molecule has 0 radical (unpaired) electrons. The Hall–Kier alpha value is -11.5. The Morgan fingerprint density at radius 2 is 1.06 bits per heavy atom. The number of likely N-dealkylation sites (tertiary alicyclic amines) is 1. The molecule has 0 saturated carbocycles. The van der Waals surface area contributed by atoms with Gasteiger partial charge >= 0.3 is 0 Å². The van der Waals surface area contributed by atoms with Crippen molar-refractivity contribution in [3.05, 3.63) is 167 Å². The van der Waals surface area contributed by atoms with E-state index in [1.807, 2.05) is 56.3 Å². The Morgan fingerprint density at radius 3 is 1.67 bits per heavy atom. The fourth-order valence-electron chi connectivity index (χ4n) is 12.8. The first-order chi connectivity index (χ1) is 54.5. The molecule has 3 aromatic carbocycles. The molecule has 3 aromatic heterocycles. The maximum atomic E-state index is 15.2. The zero-order chi connectivity index (χ0) is 82.8. The van der Waals surface area contributed by atoms with Crippen LogP contribution in [0.5, 0.6) is 0 Å². The van der Waals surface area contributed by atoms with Crippen LogP contribution in [-0.2, 0) is 72.0 Å². The van der Waals surface area contributed by atoms with Gasteiger partial charge in [0.25, 0.3) is 11.8 Å². The van der Waals surface area contributed by atoms with Crippen LogP contribution in [-0.4, -0.2) is 201 Å². The number of fused-ring (bicyclic) bond motifs is 1. The number of aliphatic hydroxyl groups excluding tert-OH is 1. The van der Waals surface area contributed by atoms with E-state index >= 15 is 9.59 Å². The second kappa shape index (κ2) is 45.9. The van der Waals surface area contributed by atoms with Crippen LogP contribution in [0.3, 0.4) is 0 Å². The summed E-state index contributed by atoms with van der Waals surface area (Å²) in [5.74, 6) is -9.96. The summed E-state index contributed by atoms with van der Waals surface area (Å²) < 4.78 is 0. The summed E-state index contributed by atoms with van der Waals surface area (Å²) in [6.07, 6.45) is 7.09. The van der Waals surface area contributed by atoms with E-state index in [1.54, 1.807) is 62.4 Å². The number of nitrogens with one attached hydrogen (secondary N) is 12. The molecule has 0 aliphatic carbocycles. The van der Waals surface area contributed by atoms with Crippen molar-refractivity contribution < 1.29 is 67.4 Å². The number of amides is 13. The summed E-state index contributed by atoms with van der Waals surface area (Å²) in [7, 11) is 0. The van der Waals surface area contributed by atoms with Gasteiger partial charge in [-0.3, -0.25) is 72.3 Å². The van der Waals surface area contributed by atoms with Crippen molar-refractivity contribution in [2.45, 2.75) is 198 Å². The second-order valence-electron chi connectivity index (χ2n) is 29.0. The number of nitrogen functional groups attached to an aromatic ring is 1. The number of anilines is 1. The summed E-state index contributed by atoms with van der Waals surface area (Å²) in [6, 6.07) is 17.0. The highest BCUT2D eigenvalue weighted by Crippen LogP contribution is 2.23. The monoisotopic (exact) mass is 1590 g/mol. The maximum absolute atomic E-state index is 15.2. The van der Waals surface area contributed by atoms with E-state index in [0.717, 1.165) is 10.8 Å². The molecule has 6 aromatic rings. The first-order valence-electron chi connectivity index (χ1n) is 38.5. The zero-order valence-electron chi connectivity index (χ0n) is 65.1. The van der Waals surface area contributed by atoms with Crippen molar-refractivity contribution >= 4 is 105 Å². The van der Waals surface area contributed by atoms with E-state index in [0.29, 0.717) is 47.5 Å². The summed E-state index contributed by atoms with van der Waals surface area (Å²) >= 11 is 6.26. The van der Waals surface area contributed by atoms with Gasteiger partial charge in [-0.05, 0) is 160 Å². The van der Waals surface area contributed by atoms with Gasteiger partial charge in [0.2, 0.25) is 65.0 Å². The van der Waals surface area contributed by atoms with Crippen LogP contribution in [0.1, 0.15) is 150 Å². The van der Waals surface area contributed by atoms with Crippen LogP contribution in [0.2, 0.25) is 5.02 Å². The van der Waals surface area contributed by atoms with Gasteiger partial charge in [0, 0.05) is 81.7 Å². The molecule has 612 valence electrons. The Bertz CT molecular complexity index is 4240. The molecule has 10 atom stereocenters. The number of primary amides is 1. The number of rotatable bonds is 45. The van der Waals surface area contributed by atoms with Crippen molar-refractivity contribution in [2.24, 2.45) is 11.7 Å². The van der Waals surface area contributed by atoms with Gasteiger partial charge in [-0.15, -0.1) is 0 Å². The molecule has 1 aliphatic rings. The van der Waals surface area contributed by atoms with Crippen molar-refractivity contribution in [3.63, 3.8) is 0 Å². The van der Waals surface area contributed by atoms with Gasteiger partial charge < -0.3 is 85.3 Å². The fourth-order valence-corrected chi connectivity index (χ4v) is 13.0. The highest BCUT2D eigenvalue weighted by Gasteiger charge is 2.40. The average Bonchev–Trinajstić information content (AvgIpc) is 1.63. The number of carbonyl (C=O) groups is 13. The lowest BCUT2D eigenvalue weighted by Gasteiger charge is -2.31. The van der Waals surface area contributed by atoms with Crippen LogP contribution in [0.4, 0.5) is 5.82 Å². The summed E-state index contributed by atoms with van der Waals surface area (Å²) in [4.78, 5) is 197. The van der Waals surface area contributed by atoms with Crippen LogP contribution in [0.15, 0.2) is 134 Å². The highest BCUT2D eigenvalue weighted by molar-refractivity contribution is 6.30. The molecule has 4 heterocycles. The van der Waals surface area contributed by atoms with E-state index in [4.69, 9.17) is 23.1 Å². The van der Waals surface area contributed by atoms with Crippen LogP contribution >= 0.6 is 11.6 Å². The normalized spacial score (nSPS) is 14.9. The molecule has 1 fully saturated rings. The molecule has 114 heavy (non-hydrogen) atoms. The van der Waals surface area contributed by atoms with Crippen LogP contribution in [0, 0.1) is 5.92 Å². The lowest BCUT2D eigenvalue weighted by atomic mass is 9.99. The third kappa shape index (κ3) is 29.5.